The van der Waals surface area contributed by atoms with Gasteiger partial charge in [0.15, 0.2) is 0 Å². The number of hydrogen-bond acceptors (Lipinski definition) is 3. The van der Waals surface area contributed by atoms with Crippen molar-refractivity contribution in [3.63, 3.8) is 0 Å². The Hall–Kier alpha value is -1.56. The highest BCUT2D eigenvalue weighted by molar-refractivity contribution is 7.89. The van der Waals surface area contributed by atoms with Crippen LogP contribution in [0.2, 0.25) is 5.02 Å². The van der Waals surface area contributed by atoms with Gasteiger partial charge in [0.2, 0.25) is 10.0 Å². The molecular weight excluding hydrogens is 370 g/mol. The molecule has 0 amide bonds. The Morgan fingerprint density at radius 2 is 1.85 bits per heavy atom. The first kappa shape index (κ1) is 19.2. The molecule has 1 atom stereocenters. The zero-order valence-corrected chi connectivity index (χ0v) is 16.7. The summed E-state index contributed by atoms with van der Waals surface area (Å²) in [5.74, 6) is 0.451. The Kier molecular flexibility index (Phi) is 5.90. The van der Waals surface area contributed by atoms with E-state index >= 15 is 0 Å². The highest BCUT2D eigenvalue weighted by Crippen LogP contribution is 2.29. The van der Waals surface area contributed by atoms with Crippen molar-refractivity contribution in [2.24, 2.45) is 0 Å². The van der Waals surface area contributed by atoms with Gasteiger partial charge in [-0.1, -0.05) is 36.7 Å². The highest BCUT2D eigenvalue weighted by atomic mass is 35.5. The topological polar surface area (TPSA) is 55.4 Å². The fraction of sp³-hybridized carbons (Fsp3) is 0.400. The van der Waals surface area contributed by atoms with Crippen LogP contribution in [0.3, 0.4) is 0 Å². The number of fused-ring (bicyclic) bond motifs is 1. The summed E-state index contributed by atoms with van der Waals surface area (Å²) in [4.78, 5) is 0.139. The summed E-state index contributed by atoms with van der Waals surface area (Å²) in [5.41, 5.74) is 3.75. The van der Waals surface area contributed by atoms with Gasteiger partial charge in [-0.3, -0.25) is 0 Å². The molecule has 2 aromatic carbocycles. The van der Waals surface area contributed by atoms with Crippen LogP contribution in [-0.4, -0.2) is 15.5 Å². The van der Waals surface area contributed by atoms with Crippen LogP contribution in [0.4, 0.5) is 0 Å². The molecule has 0 saturated carbocycles. The number of methoxy groups -OCH3 is 1. The predicted molar refractivity (Wildman–Crippen MR) is 104 cm³/mol. The summed E-state index contributed by atoms with van der Waals surface area (Å²) < 4.78 is 33.5. The van der Waals surface area contributed by atoms with E-state index in [0.29, 0.717) is 12.2 Å². The van der Waals surface area contributed by atoms with Crippen molar-refractivity contribution in [1.82, 2.24) is 4.72 Å². The fourth-order valence-electron chi connectivity index (χ4n) is 3.43. The van der Waals surface area contributed by atoms with E-state index < -0.39 is 10.0 Å². The van der Waals surface area contributed by atoms with Gasteiger partial charge < -0.3 is 4.74 Å². The maximum absolute atomic E-state index is 12.8. The molecule has 0 radical (unpaired) electrons. The lowest BCUT2D eigenvalue weighted by molar-refractivity contribution is 0.414. The van der Waals surface area contributed by atoms with E-state index in [4.69, 9.17) is 16.3 Å². The van der Waals surface area contributed by atoms with Crippen LogP contribution in [0.15, 0.2) is 41.3 Å². The number of benzene rings is 2. The lowest BCUT2D eigenvalue weighted by Crippen LogP contribution is -2.28. The third-order valence-corrected chi connectivity index (χ3v) is 6.68. The number of hydrogen-bond donors (Lipinski definition) is 1. The predicted octanol–water partition coefficient (Wildman–Crippen LogP) is 4.66. The van der Waals surface area contributed by atoms with Crippen molar-refractivity contribution >= 4 is 21.6 Å². The summed E-state index contributed by atoms with van der Waals surface area (Å²) in [5, 5.41) is 0.275. The van der Waals surface area contributed by atoms with Crippen LogP contribution in [0.5, 0.6) is 5.75 Å². The van der Waals surface area contributed by atoms with E-state index in [1.54, 1.807) is 6.07 Å². The number of aryl methyl sites for hydroxylation is 2. The second kappa shape index (κ2) is 7.99. The molecule has 0 saturated heterocycles. The van der Waals surface area contributed by atoms with Gasteiger partial charge >= 0.3 is 0 Å². The number of sulfonamides is 1. The third kappa shape index (κ3) is 4.05. The number of rotatable bonds is 6. The minimum absolute atomic E-state index is 0.139. The van der Waals surface area contributed by atoms with Gasteiger partial charge in [0, 0.05) is 6.04 Å². The first-order chi connectivity index (χ1) is 12.4. The van der Waals surface area contributed by atoms with E-state index in [0.717, 1.165) is 18.4 Å². The molecule has 0 heterocycles. The number of ether oxygens (including phenoxy) is 1. The Morgan fingerprint density at radius 1 is 1.12 bits per heavy atom. The summed E-state index contributed by atoms with van der Waals surface area (Å²) in [6, 6.07) is 10.6. The van der Waals surface area contributed by atoms with Crippen molar-refractivity contribution in [2.45, 2.75) is 50.0 Å². The second-order valence-corrected chi connectivity index (χ2v) is 8.73. The zero-order chi connectivity index (χ0) is 18.7. The Labute approximate surface area is 160 Å². The molecule has 1 aliphatic rings. The lowest BCUT2D eigenvalue weighted by Gasteiger charge is -2.22. The van der Waals surface area contributed by atoms with Gasteiger partial charge in [-0.05, 0) is 67.0 Å². The van der Waals surface area contributed by atoms with Crippen LogP contribution in [0.1, 0.15) is 48.9 Å². The molecule has 6 heteroatoms. The minimum Gasteiger partial charge on any atom is -0.495 e. The maximum atomic E-state index is 12.8. The molecule has 0 fully saturated rings. The van der Waals surface area contributed by atoms with Crippen LogP contribution < -0.4 is 9.46 Å². The number of nitrogens with one attached hydrogen (secondary N) is 1. The molecule has 3 rings (SSSR count). The van der Waals surface area contributed by atoms with Gasteiger partial charge in [0.05, 0.1) is 17.0 Å². The minimum atomic E-state index is -3.68. The normalized spacial score (nSPS) is 15.3. The Bertz CT molecular complexity index is 896. The smallest absolute Gasteiger partial charge is 0.241 e. The third-order valence-electron chi connectivity index (χ3n) is 4.91. The quantitative estimate of drug-likeness (QED) is 0.776. The van der Waals surface area contributed by atoms with Crippen molar-refractivity contribution < 1.29 is 13.2 Å². The van der Waals surface area contributed by atoms with Crippen molar-refractivity contribution in [2.75, 3.05) is 7.11 Å². The van der Waals surface area contributed by atoms with Crippen molar-refractivity contribution in [1.29, 1.82) is 0 Å². The van der Waals surface area contributed by atoms with Crippen LogP contribution in [-0.2, 0) is 22.9 Å². The zero-order valence-electron chi connectivity index (χ0n) is 15.1. The first-order valence-electron chi connectivity index (χ1n) is 8.92. The van der Waals surface area contributed by atoms with Gasteiger partial charge in [-0.25, -0.2) is 13.1 Å². The molecule has 0 aliphatic heterocycles. The molecule has 4 nitrogen and oxygen atoms in total. The molecule has 0 spiro atoms. The first-order valence-corrected chi connectivity index (χ1v) is 10.8. The molecule has 1 aliphatic carbocycles. The van der Waals surface area contributed by atoms with Gasteiger partial charge in [-0.15, -0.1) is 0 Å². The van der Waals surface area contributed by atoms with Crippen LogP contribution >= 0.6 is 11.6 Å². The average Bonchev–Trinajstić information content (AvgIpc) is 2.65. The van der Waals surface area contributed by atoms with E-state index in [1.807, 2.05) is 13.0 Å². The summed E-state index contributed by atoms with van der Waals surface area (Å²) in [6.45, 7) is 1.98. The molecule has 0 unspecified atom stereocenters. The average molecular weight is 394 g/mol. The molecule has 26 heavy (non-hydrogen) atoms. The molecule has 0 aromatic heterocycles. The maximum Gasteiger partial charge on any atom is 0.241 e. The van der Waals surface area contributed by atoms with E-state index in [2.05, 4.69) is 16.9 Å². The van der Waals surface area contributed by atoms with Crippen LogP contribution in [0, 0.1) is 0 Å². The van der Waals surface area contributed by atoms with Gasteiger partial charge in [0.1, 0.15) is 5.75 Å². The molecule has 1 N–H and O–H groups in total. The van der Waals surface area contributed by atoms with Crippen molar-refractivity contribution in [3.05, 3.63) is 58.1 Å². The standard InChI is InChI=1S/C20H24ClNO3S/c1-3-19(16-9-8-14-6-4-5-7-15(14)12-16)22-26(23,24)17-10-11-20(25-2)18(21)13-17/h8-13,19,22H,3-7H2,1-2H3/t19-/m1/s1. The fourth-order valence-corrected chi connectivity index (χ4v) is 5.08. The second-order valence-electron chi connectivity index (χ2n) is 6.61. The van der Waals surface area contributed by atoms with E-state index in [-0.39, 0.29) is 16.0 Å². The summed E-state index contributed by atoms with van der Waals surface area (Å²) >= 11 is 6.09. The van der Waals surface area contributed by atoms with Crippen molar-refractivity contribution in [3.8, 4) is 5.75 Å². The summed E-state index contributed by atoms with van der Waals surface area (Å²) in [7, 11) is -2.18. The highest BCUT2D eigenvalue weighted by Gasteiger charge is 2.22. The van der Waals surface area contributed by atoms with Crippen LogP contribution in [0.25, 0.3) is 0 Å². The lowest BCUT2D eigenvalue weighted by atomic mass is 9.89. The SMILES string of the molecule is CC[C@@H](NS(=O)(=O)c1ccc(OC)c(Cl)c1)c1ccc2c(c1)CCCC2. The largest absolute Gasteiger partial charge is 0.495 e. The van der Waals surface area contributed by atoms with Gasteiger partial charge in [0.25, 0.3) is 0 Å². The molecular formula is C20H24ClNO3S. The molecule has 2 aromatic rings. The van der Waals surface area contributed by atoms with E-state index in [1.165, 1.54) is 43.2 Å². The monoisotopic (exact) mass is 393 g/mol. The Balaban J connectivity index is 1.86. The van der Waals surface area contributed by atoms with E-state index in [9.17, 15) is 8.42 Å². The van der Waals surface area contributed by atoms with Gasteiger partial charge in [-0.2, -0.15) is 0 Å². The molecule has 140 valence electrons. The molecule has 0 bridgehead atoms. The number of halogens is 1. The summed E-state index contributed by atoms with van der Waals surface area (Å²) in [6.07, 6.45) is 5.28. The Morgan fingerprint density at radius 3 is 2.50 bits per heavy atom.